The van der Waals surface area contributed by atoms with Crippen LogP contribution in [0, 0.1) is 0 Å². The van der Waals surface area contributed by atoms with Gasteiger partial charge in [-0.1, -0.05) is 115 Å². The number of rotatable bonds is 5. The summed E-state index contributed by atoms with van der Waals surface area (Å²) in [5.74, 6) is 1.61. The smallest absolute Gasteiger partial charge is 0.168 e. The molecule has 0 saturated carbocycles. The molecule has 212 valence electrons. The van der Waals surface area contributed by atoms with E-state index in [1.807, 2.05) is 35.6 Å². The largest absolute Gasteiger partial charge is 0.309 e. The molecule has 0 atom stereocenters. The Morgan fingerprint density at radius 3 is 1.84 bits per heavy atom. The third-order valence-electron chi connectivity index (χ3n) is 8.45. The van der Waals surface area contributed by atoms with Crippen molar-refractivity contribution in [3.05, 3.63) is 158 Å². The second kappa shape index (κ2) is 10.4. The summed E-state index contributed by atoms with van der Waals surface area (Å²) >= 11 is 1.87. The number of aromatic nitrogens is 4. The van der Waals surface area contributed by atoms with E-state index >= 15 is 0 Å². The highest BCUT2D eigenvalue weighted by molar-refractivity contribution is 7.23. The van der Waals surface area contributed by atoms with E-state index in [0.717, 1.165) is 34.2 Å². The molecule has 45 heavy (non-hydrogen) atoms. The van der Waals surface area contributed by atoms with Crippen molar-refractivity contribution in [2.45, 2.75) is 0 Å². The molecule has 3 aromatic heterocycles. The Balaban J connectivity index is 1.26. The monoisotopic (exact) mass is 594 g/mol. The first-order chi connectivity index (χ1) is 22.3. The fraction of sp³-hybridized carbons (Fsp3) is 0. The van der Waals surface area contributed by atoms with Crippen LogP contribution in [0.2, 0.25) is 0 Å². The highest BCUT2D eigenvalue weighted by Gasteiger charge is 2.20. The number of thiophene rings is 1. The summed E-state index contributed by atoms with van der Waals surface area (Å²) in [6, 6.07) is 55.5. The van der Waals surface area contributed by atoms with Crippen LogP contribution in [0.3, 0.4) is 0 Å². The Labute approximate surface area is 264 Å². The minimum absolute atomic E-state index is 0.802. The van der Waals surface area contributed by atoms with Crippen LogP contribution < -0.4 is 0 Å². The van der Waals surface area contributed by atoms with Gasteiger partial charge in [-0.15, -0.1) is 21.5 Å². The van der Waals surface area contributed by atoms with Crippen LogP contribution in [0.15, 0.2) is 158 Å². The summed E-state index contributed by atoms with van der Waals surface area (Å²) in [5, 5.41) is 13.3. The molecule has 0 aliphatic carbocycles. The molecule has 0 radical (unpaired) electrons. The molecule has 0 bridgehead atoms. The summed E-state index contributed by atoms with van der Waals surface area (Å²) in [5.41, 5.74) is 7.75. The van der Waals surface area contributed by atoms with E-state index in [-0.39, 0.29) is 0 Å². The third-order valence-corrected chi connectivity index (χ3v) is 9.67. The maximum absolute atomic E-state index is 4.76. The Morgan fingerprint density at radius 1 is 0.444 bits per heavy atom. The van der Waals surface area contributed by atoms with E-state index in [1.165, 1.54) is 42.3 Å². The van der Waals surface area contributed by atoms with Gasteiger partial charge in [0.25, 0.3) is 0 Å². The molecule has 0 aliphatic rings. The van der Waals surface area contributed by atoms with Crippen LogP contribution in [0.25, 0.3) is 76.5 Å². The molecule has 0 amide bonds. The molecule has 0 N–H and O–H groups in total. The van der Waals surface area contributed by atoms with Crippen LogP contribution >= 0.6 is 11.3 Å². The summed E-state index contributed by atoms with van der Waals surface area (Å²) < 4.78 is 5.85. The molecule has 4 nitrogen and oxygen atoms in total. The van der Waals surface area contributed by atoms with Gasteiger partial charge in [-0.25, -0.2) is 0 Å². The van der Waals surface area contributed by atoms with Crippen molar-refractivity contribution in [3.63, 3.8) is 0 Å². The summed E-state index contributed by atoms with van der Waals surface area (Å²) in [7, 11) is 0. The zero-order valence-corrected chi connectivity index (χ0v) is 25.0. The van der Waals surface area contributed by atoms with Gasteiger partial charge in [0.2, 0.25) is 0 Å². The fourth-order valence-electron chi connectivity index (χ4n) is 6.42. The molecular formula is C40H26N4S. The predicted octanol–water partition coefficient (Wildman–Crippen LogP) is 10.6. The SMILES string of the molecule is c1ccc(-c2cc3ccc4c(c5ccccc5n4-c4cccc(-c5nnc(-c6ccccc6)n5-c5ccccc5)c4)c3s2)cc1. The van der Waals surface area contributed by atoms with Crippen molar-refractivity contribution in [1.82, 2.24) is 19.3 Å². The first kappa shape index (κ1) is 25.7. The van der Waals surface area contributed by atoms with Crippen molar-refractivity contribution < 1.29 is 0 Å². The second-order valence-electron chi connectivity index (χ2n) is 11.1. The van der Waals surface area contributed by atoms with Crippen molar-refractivity contribution in [2.75, 3.05) is 0 Å². The minimum atomic E-state index is 0.802. The minimum Gasteiger partial charge on any atom is -0.309 e. The molecule has 6 aromatic carbocycles. The molecule has 3 heterocycles. The first-order valence-corrected chi connectivity index (χ1v) is 15.8. The predicted molar refractivity (Wildman–Crippen MR) is 187 cm³/mol. The lowest BCUT2D eigenvalue weighted by Gasteiger charge is -2.13. The molecule has 9 aromatic rings. The number of hydrogen-bond acceptors (Lipinski definition) is 3. The number of nitrogens with zero attached hydrogens (tertiary/aromatic N) is 4. The molecule has 5 heteroatoms. The van der Waals surface area contributed by atoms with E-state index in [0.29, 0.717) is 0 Å². The lowest BCUT2D eigenvalue weighted by molar-refractivity contribution is 1.07. The molecule has 0 spiro atoms. The van der Waals surface area contributed by atoms with Crippen molar-refractivity contribution >= 4 is 43.2 Å². The quantitative estimate of drug-likeness (QED) is 0.199. The van der Waals surface area contributed by atoms with Gasteiger partial charge < -0.3 is 4.57 Å². The van der Waals surface area contributed by atoms with E-state index < -0.39 is 0 Å². The second-order valence-corrected chi connectivity index (χ2v) is 12.2. The van der Waals surface area contributed by atoms with Crippen LogP contribution in [-0.2, 0) is 0 Å². The van der Waals surface area contributed by atoms with Crippen molar-refractivity contribution in [2.24, 2.45) is 0 Å². The molecule has 0 fully saturated rings. The van der Waals surface area contributed by atoms with Crippen LogP contribution in [0.4, 0.5) is 0 Å². The molecule has 0 saturated heterocycles. The van der Waals surface area contributed by atoms with Gasteiger partial charge in [-0.2, -0.15) is 0 Å². The van der Waals surface area contributed by atoms with E-state index in [2.05, 4.69) is 143 Å². The number of benzene rings is 6. The highest BCUT2D eigenvalue weighted by atomic mass is 32.1. The van der Waals surface area contributed by atoms with E-state index in [1.54, 1.807) is 0 Å². The molecular weight excluding hydrogens is 569 g/mol. The Morgan fingerprint density at radius 2 is 1.07 bits per heavy atom. The number of para-hydroxylation sites is 2. The van der Waals surface area contributed by atoms with Gasteiger partial charge in [0.05, 0.1) is 11.0 Å². The average molecular weight is 595 g/mol. The standard InChI is InChI=1S/C40H26N4S/c1-4-13-27(14-5-1)36-26-29-23-24-35-37(38(29)45-36)33-21-10-11-22-34(33)43(35)32-20-12-17-30(25-32)40-42-41-39(28-15-6-2-7-16-28)44(40)31-18-8-3-9-19-31/h1-26H. The van der Waals surface area contributed by atoms with Gasteiger partial charge >= 0.3 is 0 Å². The maximum atomic E-state index is 4.76. The summed E-state index contributed by atoms with van der Waals surface area (Å²) in [4.78, 5) is 1.28. The van der Waals surface area contributed by atoms with Gasteiger partial charge in [-0.3, -0.25) is 4.57 Å². The van der Waals surface area contributed by atoms with Crippen molar-refractivity contribution in [1.29, 1.82) is 0 Å². The number of hydrogen-bond donors (Lipinski definition) is 0. The fourth-order valence-corrected chi connectivity index (χ4v) is 7.64. The highest BCUT2D eigenvalue weighted by Crippen LogP contribution is 2.43. The van der Waals surface area contributed by atoms with E-state index in [4.69, 9.17) is 10.2 Å². The molecule has 0 aliphatic heterocycles. The summed E-state index contributed by atoms with van der Waals surface area (Å²) in [6.07, 6.45) is 0. The van der Waals surface area contributed by atoms with Gasteiger partial charge in [0.15, 0.2) is 11.6 Å². The van der Waals surface area contributed by atoms with Crippen molar-refractivity contribution in [3.8, 4) is 44.6 Å². The Hall–Kier alpha value is -5.78. The first-order valence-electron chi connectivity index (χ1n) is 15.0. The zero-order chi connectivity index (χ0) is 29.7. The lowest BCUT2D eigenvalue weighted by Crippen LogP contribution is -2.01. The Kier molecular flexibility index (Phi) is 5.96. The van der Waals surface area contributed by atoms with Crippen LogP contribution in [0.1, 0.15) is 0 Å². The van der Waals surface area contributed by atoms with Gasteiger partial charge in [0, 0.05) is 42.9 Å². The zero-order valence-electron chi connectivity index (χ0n) is 24.2. The maximum Gasteiger partial charge on any atom is 0.168 e. The van der Waals surface area contributed by atoms with Gasteiger partial charge in [-0.05, 0) is 53.4 Å². The van der Waals surface area contributed by atoms with Crippen LogP contribution in [0.5, 0.6) is 0 Å². The van der Waals surface area contributed by atoms with Crippen LogP contribution in [-0.4, -0.2) is 19.3 Å². The lowest BCUT2D eigenvalue weighted by atomic mass is 10.1. The normalized spacial score (nSPS) is 11.6. The topological polar surface area (TPSA) is 35.6 Å². The molecule has 9 rings (SSSR count). The molecule has 0 unspecified atom stereocenters. The summed E-state index contributed by atoms with van der Waals surface area (Å²) in [6.45, 7) is 0. The Bertz CT molecular complexity index is 2470. The van der Waals surface area contributed by atoms with Gasteiger partial charge in [0.1, 0.15) is 0 Å². The average Bonchev–Trinajstić information content (AvgIpc) is 3.83. The third kappa shape index (κ3) is 4.20. The van der Waals surface area contributed by atoms with E-state index in [9.17, 15) is 0 Å². The number of fused-ring (bicyclic) bond motifs is 5.